The summed E-state index contributed by atoms with van der Waals surface area (Å²) in [7, 11) is 11.0. The van der Waals surface area contributed by atoms with E-state index in [0.717, 1.165) is 84.3 Å². The van der Waals surface area contributed by atoms with Crippen molar-refractivity contribution in [2.45, 2.75) is 200 Å². The lowest BCUT2D eigenvalue weighted by molar-refractivity contribution is -0.125. The van der Waals surface area contributed by atoms with Gasteiger partial charge in [-0.15, -0.1) is 0 Å². The number of carbonyl (C=O) groups excluding carboxylic acids is 4. The van der Waals surface area contributed by atoms with Crippen LogP contribution in [0.1, 0.15) is 221 Å². The summed E-state index contributed by atoms with van der Waals surface area (Å²) in [6.07, 6.45) is 15.4. The lowest BCUT2D eigenvalue weighted by Gasteiger charge is -2.24. The maximum absolute atomic E-state index is 12.2. The van der Waals surface area contributed by atoms with E-state index in [1.165, 1.54) is 32.7 Å². The molecule has 0 saturated heterocycles. The van der Waals surface area contributed by atoms with Gasteiger partial charge in [0.2, 0.25) is 41.5 Å². The standard InChI is InChI=1S/C15H22N2O.C14H23N3O.C14H20N2O.C13H19N3O.C10H17N3/c1-10(2)12-9-16-13(8-11(12)3)17(5)14(18)15(4)6-7-15;1-9(2)11-8-15-13(16-10(11)3)17(7)12(18)14(4,5)6;1-9(2)12-8-15-13(7-10(12)3)16(4)14(17)11-5-6-11;1-8(2)11-7-14-13(15-9(11)3)16(4)12(17)10-5-6-10;1-7(2)9-6-11-10(13(4)5)12-8(9)3/h8-10H,6-7H2,1-5H3;8-9H,1-7H3;7-9,11H,5-6H2,1-4H3;7-8,10H,5-6H2,1-4H3;6-7H,1-5H3. The average molecular weight is 1140 g/mol. The zero-order valence-corrected chi connectivity index (χ0v) is 55.3. The predicted molar refractivity (Wildman–Crippen MR) is 339 cm³/mol. The van der Waals surface area contributed by atoms with Gasteiger partial charge in [-0.3, -0.25) is 38.8 Å². The maximum Gasteiger partial charge on any atom is 0.234 e. The number of carbonyl (C=O) groups is 4. The molecule has 0 radical (unpaired) electrons. The number of hydrogen-bond acceptors (Lipinski definition) is 13. The summed E-state index contributed by atoms with van der Waals surface area (Å²) in [5.41, 5.74) is 10.8. The van der Waals surface area contributed by atoms with Gasteiger partial charge < -0.3 is 4.90 Å². The van der Waals surface area contributed by atoms with Crippen molar-refractivity contribution < 1.29 is 19.2 Å². The summed E-state index contributed by atoms with van der Waals surface area (Å²) in [6, 6.07) is 4.02. The second-order valence-electron chi connectivity index (χ2n) is 26.0. The molecule has 83 heavy (non-hydrogen) atoms. The van der Waals surface area contributed by atoms with Crippen LogP contribution in [-0.2, 0) is 19.2 Å². The van der Waals surface area contributed by atoms with E-state index in [0.29, 0.717) is 41.5 Å². The predicted octanol–water partition coefficient (Wildman–Crippen LogP) is 13.3. The van der Waals surface area contributed by atoms with Crippen molar-refractivity contribution in [2.75, 3.05) is 66.8 Å². The molecule has 0 atom stereocenters. The fourth-order valence-corrected chi connectivity index (χ4v) is 9.23. The molecule has 4 amide bonds. The fourth-order valence-electron chi connectivity index (χ4n) is 9.23. The maximum atomic E-state index is 12.2. The molecule has 454 valence electrons. The molecule has 3 saturated carbocycles. The quantitative estimate of drug-likeness (QED) is 0.108. The van der Waals surface area contributed by atoms with Crippen molar-refractivity contribution >= 4 is 53.1 Å². The Morgan fingerprint density at radius 3 is 1.07 bits per heavy atom. The first-order valence-electron chi connectivity index (χ1n) is 29.7. The van der Waals surface area contributed by atoms with E-state index in [9.17, 15) is 19.2 Å². The Morgan fingerprint density at radius 2 is 0.771 bits per heavy atom. The highest BCUT2D eigenvalue weighted by atomic mass is 16.2. The molecule has 0 bridgehead atoms. The Hall–Kier alpha value is -6.78. The van der Waals surface area contributed by atoms with Gasteiger partial charge >= 0.3 is 0 Å². The van der Waals surface area contributed by atoms with E-state index < -0.39 is 5.41 Å². The molecule has 0 unspecified atom stereocenters. The SMILES string of the molecule is Cc1cc(N(C)C(=O)C2(C)CC2)ncc1C(C)C.Cc1cc(N(C)C(=O)C2CC2)ncc1C(C)C.Cc1nc(N(C)C(=O)C(C)(C)C)ncc1C(C)C.Cc1nc(N(C)C(=O)C2CC2)ncc1C(C)C.Cc1nc(N(C)C)ncc1C(C)C. The van der Waals surface area contributed by atoms with Gasteiger partial charge in [-0.2, -0.15) is 0 Å². The van der Waals surface area contributed by atoms with E-state index in [1.54, 1.807) is 28.8 Å². The molecule has 5 heterocycles. The number of nitrogens with zero attached hydrogens (tertiary/aromatic N) is 13. The van der Waals surface area contributed by atoms with Crippen LogP contribution in [0.25, 0.3) is 0 Å². The van der Waals surface area contributed by atoms with Crippen LogP contribution in [0.15, 0.2) is 43.1 Å². The van der Waals surface area contributed by atoms with Crippen LogP contribution in [0.3, 0.4) is 0 Å². The molecule has 17 nitrogen and oxygen atoms in total. The Kier molecular flexibility index (Phi) is 24.1. The topological polar surface area (TPSA) is 188 Å². The number of amides is 4. The Balaban J connectivity index is 0.000000224. The minimum Gasteiger partial charge on any atom is -0.347 e. The monoisotopic (exact) mass is 1140 g/mol. The molecule has 0 spiro atoms. The zero-order valence-electron chi connectivity index (χ0n) is 55.3. The number of rotatable bonds is 13. The van der Waals surface area contributed by atoms with Crippen molar-refractivity contribution in [1.82, 2.24) is 39.9 Å². The van der Waals surface area contributed by atoms with Gasteiger partial charge in [-0.25, -0.2) is 39.9 Å². The van der Waals surface area contributed by atoms with E-state index in [1.807, 2.05) is 125 Å². The van der Waals surface area contributed by atoms with Crippen LogP contribution in [0.4, 0.5) is 29.5 Å². The van der Waals surface area contributed by atoms with Gasteiger partial charge in [0, 0.05) is 113 Å². The third kappa shape index (κ3) is 19.1. The lowest BCUT2D eigenvalue weighted by Crippen LogP contribution is -2.37. The summed E-state index contributed by atoms with van der Waals surface area (Å²) >= 11 is 0. The number of pyridine rings is 2. The third-order valence-corrected chi connectivity index (χ3v) is 15.4. The third-order valence-electron chi connectivity index (χ3n) is 15.4. The summed E-state index contributed by atoms with van der Waals surface area (Å²) in [4.78, 5) is 91.5. The number of aryl methyl sites for hydroxylation is 5. The van der Waals surface area contributed by atoms with Crippen molar-refractivity contribution in [3.05, 3.63) is 99.1 Å². The first-order valence-corrected chi connectivity index (χ1v) is 29.7. The first kappa shape index (κ1) is 68.7. The van der Waals surface area contributed by atoms with Crippen molar-refractivity contribution in [3.8, 4) is 0 Å². The highest BCUT2D eigenvalue weighted by Gasteiger charge is 2.47. The number of aromatic nitrogens is 8. The Morgan fingerprint density at radius 1 is 0.458 bits per heavy atom. The molecule has 8 rings (SSSR count). The molecular formula is C66H101N13O4. The van der Waals surface area contributed by atoms with Crippen LogP contribution in [0, 0.1) is 57.3 Å². The van der Waals surface area contributed by atoms with Gasteiger partial charge in [0.15, 0.2) is 0 Å². The second kappa shape index (κ2) is 29.2. The Labute approximate surface area is 498 Å². The Bertz CT molecular complexity index is 2860. The van der Waals surface area contributed by atoms with E-state index in [4.69, 9.17) is 0 Å². The minimum absolute atomic E-state index is 0.0131. The zero-order chi connectivity index (χ0) is 62.7. The lowest BCUT2D eigenvalue weighted by atomic mass is 9.95. The van der Waals surface area contributed by atoms with E-state index in [-0.39, 0.29) is 40.9 Å². The summed E-state index contributed by atoms with van der Waals surface area (Å²) < 4.78 is 0. The minimum atomic E-state index is -0.428. The van der Waals surface area contributed by atoms with Crippen LogP contribution in [0.5, 0.6) is 0 Å². The summed E-state index contributed by atoms with van der Waals surface area (Å²) in [6.45, 7) is 39.2. The summed E-state index contributed by atoms with van der Waals surface area (Å²) in [5, 5.41) is 0. The van der Waals surface area contributed by atoms with Crippen LogP contribution >= 0.6 is 0 Å². The summed E-state index contributed by atoms with van der Waals surface area (Å²) in [5.74, 6) is 6.52. The highest BCUT2D eigenvalue weighted by molar-refractivity contribution is 5.98. The molecule has 3 aliphatic rings. The molecule has 17 heteroatoms. The smallest absolute Gasteiger partial charge is 0.234 e. The number of anilines is 5. The van der Waals surface area contributed by atoms with Gasteiger partial charge in [0.05, 0.1) is 0 Å². The molecule has 0 aliphatic heterocycles. The second-order valence-corrected chi connectivity index (χ2v) is 26.0. The molecule has 3 fully saturated rings. The van der Waals surface area contributed by atoms with Gasteiger partial charge in [0.1, 0.15) is 11.6 Å². The van der Waals surface area contributed by atoms with Crippen LogP contribution in [-0.4, -0.2) is 106 Å². The highest BCUT2D eigenvalue weighted by Crippen LogP contribution is 2.47. The van der Waals surface area contributed by atoms with E-state index >= 15 is 0 Å². The largest absolute Gasteiger partial charge is 0.347 e. The molecule has 0 N–H and O–H groups in total. The molecule has 5 aromatic rings. The van der Waals surface area contributed by atoms with Gasteiger partial charge in [0.25, 0.3) is 0 Å². The molecule has 5 aromatic heterocycles. The molecule has 0 aromatic carbocycles. The van der Waals surface area contributed by atoms with Gasteiger partial charge in [-0.05, 0) is 154 Å². The van der Waals surface area contributed by atoms with E-state index in [2.05, 4.69) is 123 Å². The van der Waals surface area contributed by atoms with Crippen molar-refractivity contribution in [3.63, 3.8) is 0 Å². The fraction of sp³-hybridized carbons (Fsp3) is 0.606. The number of hydrogen-bond donors (Lipinski definition) is 0. The van der Waals surface area contributed by atoms with Crippen molar-refractivity contribution in [1.29, 1.82) is 0 Å². The average Bonchev–Trinajstić information content (AvgIpc) is 4.48. The van der Waals surface area contributed by atoms with Crippen LogP contribution < -0.4 is 24.5 Å². The normalized spacial score (nSPS) is 14.0. The van der Waals surface area contributed by atoms with Crippen LogP contribution in [0.2, 0.25) is 0 Å². The van der Waals surface area contributed by atoms with Gasteiger partial charge in [-0.1, -0.05) is 96.9 Å². The first-order chi connectivity index (χ1) is 38.5. The molecular weight excluding hydrogens is 1040 g/mol. The molecule has 3 aliphatic carbocycles. The van der Waals surface area contributed by atoms with Crippen molar-refractivity contribution in [2.24, 2.45) is 22.7 Å².